The molecule has 5 nitrogen and oxygen atoms in total. The van der Waals surface area contributed by atoms with Gasteiger partial charge < -0.3 is 9.15 Å². The minimum Gasteiger partial charge on any atom is -0.495 e. The molecule has 1 heterocycles. The minimum absolute atomic E-state index is 0.140. The first-order chi connectivity index (χ1) is 12.9. The molecule has 0 fully saturated rings. The van der Waals surface area contributed by atoms with Crippen molar-refractivity contribution < 1.29 is 17.6 Å². The quantitative estimate of drug-likeness (QED) is 0.608. The van der Waals surface area contributed by atoms with Crippen molar-refractivity contribution in [3.05, 3.63) is 83.3 Å². The average Bonchev–Trinajstić information content (AvgIpc) is 3.16. The molecule has 142 valence electrons. The van der Waals surface area contributed by atoms with Gasteiger partial charge in [0.2, 0.25) is 10.0 Å². The predicted octanol–water partition coefficient (Wildman–Crippen LogP) is 4.30. The van der Waals surface area contributed by atoms with E-state index in [2.05, 4.69) is 0 Å². The normalized spacial score (nSPS) is 11.7. The second-order valence-electron chi connectivity index (χ2n) is 6.43. The standard InChI is InChI=1S/C21H23NO4S/c1-16-10-11-20(25-3)21(13-16)27(23,24)22(15-19-9-6-12-26-19)14-18-8-5-4-7-17(18)2/h4-13H,14-15H2,1-3H3. The van der Waals surface area contributed by atoms with Crippen LogP contribution in [0.2, 0.25) is 0 Å². The van der Waals surface area contributed by atoms with Crippen LogP contribution in [-0.2, 0) is 23.1 Å². The van der Waals surface area contributed by atoms with Gasteiger partial charge in [0.15, 0.2) is 0 Å². The SMILES string of the molecule is COc1ccc(C)cc1S(=O)(=O)N(Cc1ccco1)Cc1ccccc1C. The Kier molecular flexibility index (Phi) is 5.68. The van der Waals surface area contributed by atoms with Crippen LogP contribution < -0.4 is 4.74 Å². The molecule has 3 rings (SSSR count). The molecule has 2 aromatic carbocycles. The lowest BCUT2D eigenvalue weighted by atomic mass is 10.1. The van der Waals surface area contributed by atoms with Crippen molar-refractivity contribution in [2.45, 2.75) is 31.8 Å². The van der Waals surface area contributed by atoms with Crippen LogP contribution in [0.1, 0.15) is 22.5 Å². The first-order valence-electron chi connectivity index (χ1n) is 8.63. The number of furan rings is 1. The van der Waals surface area contributed by atoms with Crippen LogP contribution in [0.5, 0.6) is 5.75 Å². The number of nitrogens with zero attached hydrogens (tertiary/aromatic N) is 1. The molecule has 0 aliphatic carbocycles. The van der Waals surface area contributed by atoms with Crippen LogP contribution in [0.15, 0.2) is 70.2 Å². The van der Waals surface area contributed by atoms with Crippen molar-refractivity contribution in [1.82, 2.24) is 4.31 Å². The van der Waals surface area contributed by atoms with Crippen molar-refractivity contribution in [2.24, 2.45) is 0 Å². The van der Waals surface area contributed by atoms with E-state index < -0.39 is 10.0 Å². The van der Waals surface area contributed by atoms with E-state index in [0.717, 1.165) is 16.7 Å². The number of methoxy groups -OCH3 is 1. The van der Waals surface area contributed by atoms with Gasteiger partial charge in [-0.1, -0.05) is 30.3 Å². The van der Waals surface area contributed by atoms with E-state index in [0.29, 0.717) is 11.5 Å². The third-order valence-corrected chi connectivity index (χ3v) is 6.27. The lowest BCUT2D eigenvalue weighted by Crippen LogP contribution is -2.30. The highest BCUT2D eigenvalue weighted by atomic mass is 32.2. The summed E-state index contributed by atoms with van der Waals surface area (Å²) in [5.41, 5.74) is 2.83. The van der Waals surface area contributed by atoms with Gasteiger partial charge in [-0.3, -0.25) is 0 Å². The molecular formula is C21H23NO4S. The second kappa shape index (κ2) is 7.98. The fraction of sp³-hybridized carbons (Fsp3) is 0.238. The summed E-state index contributed by atoms with van der Waals surface area (Å²) in [6.07, 6.45) is 1.54. The molecule has 0 amide bonds. The van der Waals surface area contributed by atoms with Gasteiger partial charge in [-0.15, -0.1) is 0 Å². The molecule has 0 aliphatic heterocycles. The number of benzene rings is 2. The Morgan fingerprint density at radius 2 is 1.78 bits per heavy atom. The fourth-order valence-electron chi connectivity index (χ4n) is 2.90. The number of rotatable bonds is 7. The van der Waals surface area contributed by atoms with Crippen molar-refractivity contribution in [3.8, 4) is 5.75 Å². The topological polar surface area (TPSA) is 59.8 Å². The summed E-state index contributed by atoms with van der Waals surface area (Å²) in [5.74, 6) is 0.911. The number of hydrogen-bond donors (Lipinski definition) is 0. The Labute approximate surface area is 160 Å². The van der Waals surface area contributed by atoms with Gasteiger partial charge in [-0.05, 0) is 54.8 Å². The first-order valence-corrected chi connectivity index (χ1v) is 10.1. The zero-order valence-corrected chi connectivity index (χ0v) is 16.5. The van der Waals surface area contributed by atoms with Gasteiger partial charge in [0, 0.05) is 6.54 Å². The van der Waals surface area contributed by atoms with Gasteiger partial charge in [-0.2, -0.15) is 4.31 Å². The molecule has 0 N–H and O–H groups in total. The molecule has 0 bridgehead atoms. The number of hydrogen-bond acceptors (Lipinski definition) is 4. The smallest absolute Gasteiger partial charge is 0.247 e. The Balaban J connectivity index is 2.06. The third-order valence-electron chi connectivity index (χ3n) is 4.46. The van der Waals surface area contributed by atoms with E-state index in [1.54, 1.807) is 30.5 Å². The number of ether oxygens (including phenoxy) is 1. The molecular weight excluding hydrogens is 362 g/mol. The maximum absolute atomic E-state index is 13.5. The van der Waals surface area contributed by atoms with E-state index in [9.17, 15) is 8.42 Å². The minimum atomic E-state index is -3.81. The highest BCUT2D eigenvalue weighted by molar-refractivity contribution is 7.89. The lowest BCUT2D eigenvalue weighted by molar-refractivity contribution is 0.353. The summed E-state index contributed by atoms with van der Waals surface area (Å²) >= 11 is 0. The summed E-state index contributed by atoms with van der Waals surface area (Å²) in [7, 11) is -2.33. The van der Waals surface area contributed by atoms with Crippen LogP contribution in [0.4, 0.5) is 0 Å². The molecule has 0 saturated heterocycles. The van der Waals surface area contributed by atoms with Crippen LogP contribution in [0.25, 0.3) is 0 Å². The molecule has 0 saturated carbocycles. The zero-order valence-electron chi connectivity index (χ0n) is 15.7. The van der Waals surface area contributed by atoms with Gasteiger partial charge in [0.05, 0.1) is 19.9 Å². The molecule has 3 aromatic rings. The Bertz CT molecular complexity index is 1010. The largest absolute Gasteiger partial charge is 0.495 e. The molecule has 0 radical (unpaired) electrons. The van der Waals surface area contributed by atoms with E-state index in [-0.39, 0.29) is 18.0 Å². The van der Waals surface area contributed by atoms with Crippen LogP contribution in [-0.4, -0.2) is 19.8 Å². The van der Waals surface area contributed by atoms with Crippen LogP contribution >= 0.6 is 0 Å². The maximum Gasteiger partial charge on any atom is 0.247 e. The fourth-order valence-corrected chi connectivity index (χ4v) is 4.53. The average molecular weight is 385 g/mol. The summed E-state index contributed by atoms with van der Waals surface area (Å²) in [4.78, 5) is 0.158. The second-order valence-corrected chi connectivity index (χ2v) is 8.34. The molecule has 0 aliphatic rings. The monoisotopic (exact) mass is 385 g/mol. The summed E-state index contributed by atoms with van der Waals surface area (Å²) < 4.78 is 39.2. The summed E-state index contributed by atoms with van der Waals surface area (Å²) in [6.45, 7) is 4.21. The molecule has 0 unspecified atom stereocenters. The van der Waals surface area contributed by atoms with Crippen LogP contribution in [0.3, 0.4) is 0 Å². The highest BCUT2D eigenvalue weighted by Crippen LogP contribution is 2.30. The van der Waals surface area contributed by atoms with E-state index in [1.807, 2.05) is 44.2 Å². The van der Waals surface area contributed by atoms with Crippen molar-refractivity contribution >= 4 is 10.0 Å². The molecule has 27 heavy (non-hydrogen) atoms. The zero-order chi connectivity index (χ0) is 19.4. The van der Waals surface area contributed by atoms with E-state index >= 15 is 0 Å². The predicted molar refractivity (Wildman–Crippen MR) is 104 cm³/mol. The molecule has 1 aromatic heterocycles. The highest BCUT2D eigenvalue weighted by Gasteiger charge is 2.29. The Morgan fingerprint density at radius 1 is 1.00 bits per heavy atom. The van der Waals surface area contributed by atoms with Gasteiger partial charge >= 0.3 is 0 Å². The first kappa shape index (κ1) is 19.2. The third kappa shape index (κ3) is 4.23. The van der Waals surface area contributed by atoms with Gasteiger partial charge in [-0.25, -0.2) is 8.42 Å². The van der Waals surface area contributed by atoms with Gasteiger partial charge in [0.25, 0.3) is 0 Å². The van der Waals surface area contributed by atoms with E-state index in [1.165, 1.54) is 11.4 Å². The summed E-state index contributed by atoms with van der Waals surface area (Å²) in [6, 6.07) is 16.4. The summed E-state index contributed by atoms with van der Waals surface area (Å²) in [5, 5.41) is 0. The Hall–Kier alpha value is -2.57. The maximum atomic E-state index is 13.5. The van der Waals surface area contributed by atoms with Crippen molar-refractivity contribution in [1.29, 1.82) is 0 Å². The lowest BCUT2D eigenvalue weighted by Gasteiger charge is -2.23. The van der Waals surface area contributed by atoms with Gasteiger partial charge in [0.1, 0.15) is 16.4 Å². The van der Waals surface area contributed by atoms with Crippen molar-refractivity contribution in [2.75, 3.05) is 7.11 Å². The number of aryl methyl sites for hydroxylation is 2. The number of sulfonamides is 1. The molecule has 0 atom stereocenters. The molecule has 6 heteroatoms. The Morgan fingerprint density at radius 3 is 2.44 bits per heavy atom. The van der Waals surface area contributed by atoms with Crippen molar-refractivity contribution in [3.63, 3.8) is 0 Å². The van der Waals surface area contributed by atoms with Crippen LogP contribution in [0, 0.1) is 13.8 Å². The van der Waals surface area contributed by atoms with E-state index in [4.69, 9.17) is 9.15 Å². The molecule has 0 spiro atoms.